The first-order valence-electron chi connectivity index (χ1n) is 8.05. The van der Waals surface area contributed by atoms with E-state index in [1.165, 1.54) is 38.5 Å². The van der Waals surface area contributed by atoms with Crippen LogP contribution in [0, 0.1) is 5.92 Å². The summed E-state index contributed by atoms with van der Waals surface area (Å²) in [5, 5.41) is 6.87. The van der Waals surface area contributed by atoms with Crippen molar-refractivity contribution in [2.24, 2.45) is 5.92 Å². The van der Waals surface area contributed by atoms with Crippen LogP contribution in [0.4, 0.5) is 5.69 Å². The van der Waals surface area contributed by atoms with Crippen molar-refractivity contribution in [3.63, 3.8) is 0 Å². The molecule has 1 saturated carbocycles. The van der Waals surface area contributed by atoms with Crippen molar-refractivity contribution in [1.29, 1.82) is 0 Å². The molecule has 116 valence electrons. The molecule has 1 aliphatic rings. The molecule has 0 aromatic heterocycles. The summed E-state index contributed by atoms with van der Waals surface area (Å²) in [6, 6.07) is 7.99. The third-order valence-corrected chi connectivity index (χ3v) is 4.22. The Hall–Kier alpha value is -1.29. The molecule has 0 unspecified atom stereocenters. The highest BCUT2D eigenvalue weighted by Crippen LogP contribution is 2.26. The first-order chi connectivity index (χ1) is 10.3. The Morgan fingerprint density at radius 2 is 1.90 bits per heavy atom. The highest BCUT2D eigenvalue weighted by molar-refractivity contribution is 7.80. The maximum absolute atomic E-state index is 5.84. The van der Waals surface area contributed by atoms with Crippen LogP contribution in [0.3, 0.4) is 0 Å². The van der Waals surface area contributed by atoms with E-state index in [-0.39, 0.29) is 0 Å². The Bertz CT molecular complexity index is 427. The van der Waals surface area contributed by atoms with E-state index in [0.29, 0.717) is 5.11 Å². The molecular formula is C17H26N2OS. The van der Waals surface area contributed by atoms with Crippen LogP contribution in [-0.4, -0.2) is 18.3 Å². The second-order valence-electron chi connectivity index (χ2n) is 5.65. The van der Waals surface area contributed by atoms with Gasteiger partial charge in [-0.2, -0.15) is 0 Å². The molecule has 4 heteroatoms. The van der Waals surface area contributed by atoms with Crippen LogP contribution in [-0.2, 0) is 0 Å². The monoisotopic (exact) mass is 306 g/mol. The van der Waals surface area contributed by atoms with Crippen molar-refractivity contribution in [2.75, 3.05) is 18.5 Å². The smallest absolute Gasteiger partial charge is 0.170 e. The van der Waals surface area contributed by atoms with Gasteiger partial charge in [-0.25, -0.2) is 0 Å². The van der Waals surface area contributed by atoms with Crippen molar-refractivity contribution in [1.82, 2.24) is 5.32 Å². The van der Waals surface area contributed by atoms with E-state index in [0.717, 1.165) is 30.5 Å². The number of anilines is 1. The molecule has 1 fully saturated rings. The number of thiocarbonyl (C=S) groups is 1. The molecule has 0 aliphatic heterocycles. The fraction of sp³-hybridized carbons (Fsp3) is 0.588. The third-order valence-electron chi connectivity index (χ3n) is 3.97. The van der Waals surface area contributed by atoms with Crippen LogP contribution in [0.5, 0.6) is 5.75 Å². The Balaban J connectivity index is 1.70. The third kappa shape index (κ3) is 5.92. The van der Waals surface area contributed by atoms with Gasteiger partial charge in [-0.1, -0.05) is 32.1 Å². The molecule has 1 aromatic carbocycles. The molecule has 3 nitrogen and oxygen atoms in total. The fourth-order valence-corrected chi connectivity index (χ4v) is 3.05. The molecule has 0 heterocycles. The van der Waals surface area contributed by atoms with Crippen molar-refractivity contribution >= 4 is 23.0 Å². The predicted molar refractivity (Wildman–Crippen MR) is 93.0 cm³/mol. The lowest BCUT2D eigenvalue weighted by molar-refractivity contribution is 0.246. The van der Waals surface area contributed by atoms with Gasteiger partial charge in [0.1, 0.15) is 5.75 Å². The van der Waals surface area contributed by atoms with Crippen LogP contribution in [0.1, 0.15) is 45.4 Å². The van der Waals surface area contributed by atoms with Crippen molar-refractivity contribution < 1.29 is 4.74 Å². The van der Waals surface area contributed by atoms with Crippen LogP contribution in [0.2, 0.25) is 0 Å². The van der Waals surface area contributed by atoms with E-state index in [9.17, 15) is 0 Å². The fourth-order valence-electron chi connectivity index (χ4n) is 2.79. The van der Waals surface area contributed by atoms with Crippen LogP contribution < -0.4 is 15.4 Å². The summed E-state index contributed by atoms with van der Waals surface area (Å²) in [7, 11) is 0. The summed E-state index contributed by atoms with van der Waals surface area (Å²) in [5.41, 5.74) is 0.987. The molecule has 2 N–H and O–H groups in total. The van der Waals surface area contributed by atoms with Crippen molar-refractivity contribution in [2.45, 2.75) is 45.4 Å². The number of nitrogens with one attached hydrogen (secondary N) is 2. The zero-order valence-corrected chi connectivity index (χ0v) is 13.7. The lowest BCUT2D eigenvalue weighted by atomic mass is 9.87. The quantitative estimate of drug-likeness (QED) is 0.766. The summed E-state index contributed by atoms with van der Waals surface area (Å²) in [4.78, 5) is 0. The first kappa shape index (κ1) is 16.1. The Morgan fingerprint density at radius 3 is 2.57 bits per heavy atom. The number of benzene rings is 1. The maximum atomic E-state index is 5.84. The summed E-state index contributed by atoms with van der Waals surface area (Å²) < 4.78 is 5.84. The molecule has 0 spiro atoms. The normalized spacial score (nSPS) is 15.5. The molecule has 0 atom stereocenters. The van der Waals surface area contributed by atoms with E-state index >= 15 is 0 Å². The van der Waals surface area contributed by atoms with Gasteiger partial charge in [0, 0.05) is 12.2 Å². The van der Waals surface area contributed by atoms with Crippen molar-refractivity contribution in [3.05, 3.63) is 24.3 Å². The average molecular weight is 306 g/mol. The Kier molecular flexibility index (Phi) is 6.80. The van der Waals surface area contributed by atoms with Crippen LogP contribution >= 0.6 is 12.2 Å². The van der Waals surface area contributed by atoms with E-state index in [4.69, 9.17) is 17.0 Å². The predicted octanol–water partition coefficient (Wildman–Crippen LogP) is 4.34. The summed E-state index contributed by atoms with van der Waals surface area (Å²) in [5.74, 6) is 1.81. The van der Waals surface area contributed by atoms with Gasteiger partial charge in [0.05, 0.1) is 6.61 Å². The zero-order valence-electron chi connectivity index (χ0n) is 12.9. The van der Waals surface area contributed by atoms with Gasteiger partial charge in [-0.3, -0.25) is 0 Å². The zero-order chi connectivity index (χ0) is 14.9. The number of hydrogen-bond donors (Lipinski definition) is 2. The number of rotatable bonds is 6. The van der Waals surface area contributed by atoms with E-state index in [1.54, 1.807) is 0 Å². The second kappa shape index (κ2) is 8.88. The minimum Gasteiger partial charge on any atom is -0.494 e. The lowest BCUT2D eigenvalue weighted by Crippen LogP contribution is -2.27. The summed E-state index contributed by atoms with van der Waals surface area (Å²) in [6.45, 7) is 3.68. The minimum absolute atomic E-state index is 0.656. The summed E-state index contributed by atoms with van der Waals surface area (Å²) >= 11 is 5.16. The van der Waals surface area contributed by atoms with Gasteiger partial charge in [0.15, 0.2) is 5.11 Å². The van der Waals surface area contributed by atoms with E-state index in [2.05, 4.69) is 10.6 Å². The molecule has 0 saturated heterocycles. The van der Waals surface area contributed by atoms with Gasteiger partial charge in [0.25, 0.3) is 0 Å². The van der Waals surface area contributed by atoms with E-state index < -0.39 is 0 Å². The Morgan fingerprint density at radius 1 is 1.19 bits per heavy atom. The van der Waals surface area contributed by atoms with Gasteiger partial charge in [-0.05, 0) is 55.7 Å². The second-order valence-corrected chi connectivity index (χ2v) is 6.06. The molecule has 1 aliphatic carbocycles. The maximum Gasteiger partial charge on any atom is 0.170 e. The van der Waals surface area contributed by atoms with Gasteiger partial charge in [-0.15, -0.1) is 0 Å². The molecule has 1 aromatic rings. The largest absolute Gasteiger partial charge is 0.494 e. The highest BCUT2D eigenvalue weighted by Gasteiger charge is 2.13. The molecule has 0 amide bonds. The van der Waals surface area contributed by atoms with Crippen molar-refractivity contribution in [3.8, 4) is 5.75 Å². The van der Waals surface area contributed by atoms with Gasteiger partial charge >= 0.3 is 0 Å². The summed E-state index contributed by atoms with van der Waals surface area (Å²) in [6.07, 6.45) is 8.17. The first-order valence-corrected chi connectivity index (χ1v) is 8.46. The standard InChI is InChI=1S/C17H26N2OS/c1-2-18-17(21)19-15-8-10-16(11-9-15)20-13-12-14-6-4-3-5-7-14/h8-11,14H,2-7,12-13H2,1H3,(H2,18,19,21). The van der Waals surface area contributed by atoms with Crippen LogP contribution in [0.15, 0.2) is 24.3 Å². The molecule has 21 heavy (non-hydrogen) atoms. The lowest BCUT2D eigenvalue weighted by Gasteiger charge is -2.21. The van der Waals surface area contributed by atoms with E-state index in [1.807, 2.05) is 31.2 Å². The van der Waals surface area contributed by atoms with Gasteiger partial charge < -0.3 is 15.4 Å². The minimum atomic E-state index is 0.656. The topological polar surface area (TPSA) is 33.3 Å². The molecular weight excluding hydrogens is 280 g/mol. The molecule has 2 rings (SSSR count). The van der Waals surface area contributed by atoms with Crippen LogP contribution in [0.25, 0.3) is 0 Å². The molecule has 0 bridgehead atoms. The Labute approximate surface area is 133 Å². The SMILES string of the molecule is CCNC(=S)Nc1ccc(OCCC2CCCCC2)cc1. The number of ether oxygens (including phenoxy) is 1. The number of hydrogen-bond acceptors (Lipinski definition) is 2. The average Bonchev–Trinajstić information content (AvgIpc) is 2.50. The molecule has 0 radical (unpaired) electrons. The van der Waals surface area contributed by atoms with Gasteiger partial charge in [0.2, 0.25) is 0 Å². The highest BCUT2D eigenvalue weighted by atomic mass is 32.1.